The second kappa shape index (κ2) is 6.09. The lowest BCUT2D eigenvalue weighted by molar-refractivity contribution is -0.116. The number of hydrogen-bond acceptors (Lipinski definition) is 4. The Labute approximate surface area is 130 Å². The largest absolute Gasteiger partial charge is 0.398 e. The zero-order chi connectivity index (χ0) is 15.6. The number of nitrogens with two attached hydrogens (primary N) is 1. The van der Waals surface area contributed by atoms with E-state index in [1.807, 2.05) is 13.0 Å². The number of carbonyl (C=O) groups excluding carboxylic acids is 1. The van der Waals surface area contributed by atoms with Gasteiger partial charge in [-0.15, -0.1) is 0 Å². The van der Waals surface area contributed by atoms with Crippen LogP contribution in [0.5, 0.6) is 0 Å². The van der Waals surface area contributed by atoms with Crippen molar-refractivity contribution in [3.05, 3.63) is 50.6 Å². The van der Waals surface area contributed by atoms with E-state index >= 15 is 0 Å². The summed E-state index contributed by atoms with van der Waals surface area (Å²) in [5.74, 6) is 0.158. The number of benzene rings is 1. The summed E-state index contributed by atoms with van der Waals surface area (Å²) in [6.45, 7) is 3.45. The van der Waals surface area contributed by atoms with Crippen molar-refractivity contribution in [3.63, 3.8) is 0 Å². The molecule has 6 nitrogen and oxygen atoms in total. The highest BCUT2D eigenvalue weighted by Gasteiger charge is 2.10. The Hall–Kier alpha value is -2.15. The highest BCUT2D eigenvalue weighted by molar-refractivity contribution is 9.10. The molecule has 0 radical (unpaired) electrons. The fraction of sp³-hybridized carbons (Fsp3) is 0.214. The summed E-state index contributed by atoms with van der Waals surface area (Å²) in [5, 5.41) is 2.71. The fourth-order valence-corrected chi connectivity index (χ4v) is 2.12. The predicted octanol–water partition coefficient (Wildman–Crippen LogP) is 1.84. The van der Waals surface area contributed by atoms with Crippen LogP contribution in [0.15, 0.2) is 33.7 Å². The summed E-state index contributed by atoms with van der Waals surface area (Å²) in [7, 11) is 0. The normalized spacial score (nSPS) is 10.4. The molecular formula is C14H15BrN4O2. The van der Waals surface area contributed by atoms with E-state index in [0.29, 0.717) is 21.7 Å². The van der Waals surface area contributed by atoms with Crippen molar-refractivity contribution >= 4 is 33.2 Å². The topological polar surface area (TPSA) is 90.0 Å². The van der Waals surface area contributed by atoms with Crippen LogP contribution in [0.2, 0.25) is 0 Å². The smallest absolute Gasteiger partial charge is 0.268 e. The molecule has 1 aromatic heterocycles. The summed E-state index contributed by atoms with van der Waals surface area (Å²) in [5.41, 5.74) is 7.64. The molecule has 1 amide bonds. The lowest BCUT2D eigenvalue weighted by Crippen LogP contribution is -2.30. The van der Waals surface area contributed by atoms with Crippen LogP contribution in [0.25, 0.3) is 0 Å². The molecule has 0 bridgehead atoms. The number of aryl methyl sites for hydroxylation is 2. The van der Waals surface area contributed by atoms with E-state index in [-0.39, 0.29) is 18.0 Å². The maximum atomic E-state index is 12.0. The van der Waals surface area contributed by atoms with E-state index < -0.39 is 0 Å². The third-order valence-corrected chi connectivity index (χ3v) is 3.61. The molecule has 0 saturated carbocycles. The van der Waals surface area contributed by atoms with Crippen molar-refractivity contribution in [1.82, 2.24) is 9.55 Å². The summed E-state index contributed by atoms with van der Waals surface area (Å²) >= 11 is 3.11. The van der Waals surface area contributed by atoms with Gasteiger partial charge in [0, 0.05) is 17.6 Å². The molecule has 110 valence electrons. The fourth-order valence-electron chi connectivity index (χ4n) is 1.80. The minimum atomic E-state index is -0.316. The number of nitrogen functional groups attached to an aromatic ring is 1. The molecule has 0 atom stereocenters. The van der Waals surface area contributed by atoms with Gasteiger partial charge < -0.3 is 11.1 Å². The lowest BCUT2D eigenvalue weighted by atomic mass is 10.2. The molecule has 1 aromatic carbocycles. The van der Waals surface area contributed by atoms with Gasteiger partial charge in [0.1, 0.15) is 16.8 Å². The SMILES string of the molecule is Cc1ccc(NC(=O)Cn2c(C)ncc(Br)c2=O)cc1N. The maximum Gasteiger partial charge on any atom is 0.268 e. The van der Waals surface area contributed by atoms with Crippen LogP contribution >= 0.6 is 15.9 Å². The van der Waals surface area contributed by atoms with Gasteiger partial charge in [0.15, 0.2) is 0 Å². The minimum absolute atomic E-state index is 0.106. The summed E-state index contributed by atoms with van der Waals surface area (Å²) in [4.78, 5) is 28.0. The molecular weight excluding hydrogens is 336 g/mol. The second-order valence-electron chi connectivity index (χ2n) is 4.66. The number of rotatable bonds is 3. The van der Waals surface area contributed by atoms with Crippen LogP contribution in [0, 0.1) is 13.8 Å². The Kier molecular flexibility index (Phi) is 4.42. The molecule has 3 N–H and O–H groups in total. The number of carbonyl (C=O) groups is 1. The molecule has 21 heavy (non-hydrogen) atoms. The Balaban J connectivity index is 2.17. The van der Waals surface area contributed by atoms with Gasteiger partial charge in [-0.2, -0.15) is 0 Å². The minimum Gasteiger partial charge on any atom is -0.398 e. The van der Waals surface area contributed by atoms with Crippen molar-refractivity contribution in [2.24, 2.45) is 0 Å². The third-order valence-electron chi connectivity index (χ3n) is 3.07. The molecule has 0 aliphatic rings. The van der Waals surface area contributed by atoms with Gasteiger partial charge in [-0.05, 0) is 47.5 Å². The Bertz CT molecular complexity index is 755. The van der Waals surface area contributed by atoms with Crippen molar-refractivity contribution in [3.8, 4) is 0 Å². The maximum absolute atomic E-state index is 12.0. The van der Waals surface area contributed by atoms with Crippen LogP contribution in [0.4, 0.5) is 11.4 Å². The van der Waals surface area contributed by atoms with Gasteiger partial charge in [-0.3, -0.25) is 14.2 Å². The average molecular weight is 351 g/mol. The standard InChI is InChI=1S/C14H15BrN4O2/c1-8-3-4-10(5-12(8)16)18-13(20)7-19-9(2)17-6-11(15)14(19)21/h3-6H,7,16H2,1-2H3,(H,18,20). The van der Waals surface area contributed by atoms with Crippen LogP contribution in [-0.2, 0) is 11.3 Å². The van der Waals surface area contributed by atoms with Gasteiger partial charge in [0.25, 0.3) is 5.56 Å². The van der Waals surface area contributed by atoms with Gasteiger partial charge in [-0.1, -0.05) is 6.07 Å². The Morgan fingerprint density at radius 3 is 2.81 bits per heavy atom. The summed E-state index contributed by atoms with van der Waals surface area (Å²) < 4.78 is 1.62. The average Bonchev–Trinajstić information content (AvgIpc) is 2.43. The number of aromatic nitrogens is 2. The molecule has 0 aliphatic heterocycles. The predicted molar refractivity (Wildman–Crippen MR) is 85.2 cm³/mol. The van der Waals surface area contributed by atoms with E-state index in [2.05, 4.69) is 26.2 Å². The van der Waals surface area contributed by atoms with Gasteiger partial charge >= 0.3 is 0 Å². The van der Waals surface area contributed by atoms with E-state index in [1.165, 1.54) is 10.8 Å². The molecule has 0 aliphatic carbocycles. The first-order valence-electron chi connectivity index (χ1n) is 6.26. The first-order chi connectivity index (χ1) is 9.88. The molecule has 0 saturated heterocycles. The van der Waals surface area contributed by atoms with Crippen LogP contribution in [0.3, 0.4) is 0 Å². The van der Waals surface area contributed by atoms with Crippen molar-refractivity contribution in [1.29, 1.82) is 0 Å². The number of halogens is 1. The van der Waals surface area contributed by atoms with Gasteiger partial charge in [0.2, 0.25) is 5.91 Å². The molecule has 7 heteroatoms. The molecule has 2 rings (SSSR count). The van der Waals surface area contributed by atoms with E-state index in [0.717, 1.165) is 5.56 Å². The first kappa shape index (κ1) is 15.2. The van der Waals surface area contributed by atoms with E-state index in [4.69, 9.17) is 5.73 Å². The van der Waals surface area contributed by atoms with Crippen LogP contribution in [-0.4, -0.2) is 15.5 Å². The third kappa shape index (κ3) is 3.49. The zero-order valence-corrected chi connectivity index (χ0v) is 13.3. The number of nitrogens with one attached hydrogen (secondary N) is 1. The molecule has 0 spiro atoms. The van der Waals surface area contributed by atoms with E-state index in [9.17, 15) is 9.59 Å². The molecule has 1 heterocycles. The summed E-state index contributed by atoms with van der Waals surface area (Å²) in [6, 6.07) is 5.27. The van der Waals surface area contributed by atoms with E-state index in [1.54, 1.807) is 19.1 Å². The van der Waals surface area contributed by atoms with Gasteiger partial charge in [0.05, 0.1) is 0 Å². The Morgan fingerprint density at radius 2 is 2.14 bits per heavy atom. The number of amides is 1. The van der Waals surface area contributed by atoms with Crippen molar-refractivity contribution < 1.29 is 4.79 Å². The van der Waals surface area contributed by atoms with Crippen molar-refractivity contribution in [2.75, 3.05) is 11.1 Å². The quantitative estimate of drug-likeness (QED) is 0.826. The van der Waals surface area contributed by atoms with Crippen molar-refractivity contribution in [2.45, 2.75) is 20.4 Å². The van der Waals surface area contributed by atoms with Gasteiger partial charge in [-0.25, -0.2) is 4.98 Å². The highest BCUT2D eigenvalue weighted by atomic mass is 79.9. The number of nitrogens with zero attached hydrogens (tertiary/aromatic N) is 2. The number of hydrogen-bond donors (Lipinski definition) is 2. The molecule has 2 aromatic rings. The van der Waals surface area contributed by atoms with Crippen LogP contribution < -0.4 is 16.6 Å². The van der Waals surface area contributed by atoms with Crippen LogP contribution in [0.1, 0.15) is 11.4 Å². The number of anilines is 2. The molecule has 0 fully saturated rings. The summed E-state index contributed by atoms with van der Waals surface area (Å²) in [6.07, 6.45) is 1.42. The molecule has 0 unspecified atom stereocenters. The second-order valence-corrected chi connectivity index (χ2v) is 5.52. The highest BCUT2D eigenvalue weighted by Crippen LogP contribution is 2.16. The monoisotopic (exact) mass is 350 g/mol. The Morgan fingerprint density at radius 1 is 1.43 bits per heavy atom. The zero-order valence-electron chi connectivity index (χ0n) is 11.7. The first-order valence-corrected chi connectivity index (χ1v) is 7.05. The lowest BCUT2D eigenvalue weighted by Gasteiger charge is -2.11.